The highest BCUT2D eigenvalue weighted by atomic mass is 32.1. The van der Waals surface area contributed by atoms with Crippen molar-refractivity contribution in [3.05, 3.63) is 40.2 Å². The summed E-state index contributed by atoms with van der Waals surface area (Å²) < 4.78 is 5.81. The van der Waals surface area contributed by atoms with Crippen LogP contribution in [-0.2, 0) is 17.7 Å². The van der Waals surface area contributed by atoms with Crippen LogP contribution < -0.4 is 5.73 Å². The Bertz CT molecular complexity index is 547. The van der Waals surface area contributed by atoms with Crippen LogP contribution in [0.15, 0.2) is 30.3 Å². The van der Waals surface area contributed by atoms with E-state index in [1.54, 1.807) is 11.3 Å². The minimum atomic E-state index is 0.337. The Labute approximate surface area is 123 Å². The number of rotatable bonds is 4. The van der Waals surface area contributed by atoms with Crippen LogP contribution >= 0.6 is 11.3 Å². The van der Waals surface area contributed by atoms with Gasteiger partial charge in [0.15, 0.2) is 0 Å². The van der Waals surface area contributed by atoms with Crippen LogP contribution in [0.1, 0.15) is 29.1 Å². The predicted molar refractivity (Wildman–Crippen MR) is 82.7 cm³/mol. The van der Waals surface area contributed by atoms with E-state index in [-0.39, 0.29) is 0 Å². The first-order valence-corrected chi connectivity index (χ1v) is 8.04. The predicted octanol–water partition coefficient (Wildman–Crippen LogP) is 3.38. The molecular formula is C16H20N2OS. The van der Waals surface area contributed by atoms with Crippen LogP contribution in [0.4, 0.5) is 0 Å². The largest absolute Gasteiger partial charge is 0.378 e. The molecule has 0 saturated carbocycles. The number of hydrogen-bond acceptors (Lipinski definition) is 4. The summed E-state index contributed by atoms with van der Waals surface area (Å²) in [5.41, 5.74) is 8.07. The van der Waals surface area contributed by atoms with Gasteiger partial charge in [-0.15, -0.1) is 11.3 Å². The topological polar surface area (TPSA) is 48.1 Å². The van der Waals surface area contributed by atoms with Gasteiger partial charge in [-0.2, -0.15) is 0 Å². The molecule has 1 atom stereocenters. The zero-order chi connectivity index (χ0) is 13.8. The van der Waals surface area contributed by atoms with E-state index in [2.05, 4.69) is 12.1 Å². The Hall–Kier alpha value is -1.23. The summed E-state index contributed by atoms with van der Waals surface area (Å²) in [5, 5.41) is 1.15. The molecule has 1 aromatic heterocycles. The lowest BCUT2D eigenvalue weighted by Crippen LogP contribution is -2.21. The Morgan fingerprint density at radius 2 is 2.10 bits per heavy atom. The van der Waals surface area contributed by atoms with Gasteiger partial charge in [-0.25, -0.2) is 4.98 Å². The molecule has 1 aliphatic heterocycles. The highest BCUT2D eigenvalue weighted by molar-refractivity contribution is 7.12. The van der Waals surface area contributed by atoms with Crippen LogP contribution in [0.2, 0.25) is 0 Å². The molecule has 1 aliphatic rings. The minimum Gasteiger partial charge on any atom is -0.378 e. The Morgan fingerprint density at radius 1 is 1.25 bits per heavy atom. The van der Waals surface area contributed by atoms with Crippen molar-refractivity contribution in [1.82, 2.24) is 4.98 Å². The van der Waals surface area contributed by atoms with E-state index < -0.39 is 0 Å². The average molecular weight is 288 g/mol. The van der Waals surface area contributed by atoms with E-state index in [1.165, 1.54) is 17.7 Å². The molecule has 0 amide bonds. The molecule has 0 bridgehead atoms. The summed E-state index contributed by atoms with van der Waals surface area (Å²) in [7, 11) is 0. The van der Waals surface area contributed by atoms with Gasteiger partial charge in [0.25, 0.3) is 0 Å². The molecule has 20 heavy (non-hydrogen) atoms. The maximum absolute atomic E-state index is 5.87. The molecule has 2 N–H and O–H groups in total. The van der Waals surface area contributed by atoms with Crippen molar-refractivity contribution < 1.29 is 4.74 Å². The minimum absolute atomic E-state index is 0.337. The standard InChI is InChI=1S/C16H20N2OS/c17-11-14-16(12-6-2-1-3-7-12)18-15(20-14)10-13-8-4-5-9-19-13/h1-3,6-7,13H,4-5,8-11,17H2. The van der Waals surface area contributed by atoms with E-state index in [0.717, 1.165) is 35.7 Å². The molecule has 1 saturated heterocycles. The van der Waals surface area contributed by atoms with Gasteiger partial charge in [0, 0.05) is 30.0 Å². The lowest BCUT2D eigenvalue weighted by atomic mass is 10.1. The fourth-order valence-corrected chi connectivity index (χ4v) is 3.64. The molecule has 3 nitrogen and oxygen atoms in total. The third-order valence-electron chi connectivity index (χ3n) is 3.65. The lowest BCUT2D eigenvalue weighted by Gasteiger charge is -2.21. The molecule has 0 spiro atoms. The van der Waals surface area contributed by atoms with Crippen molar-refractivity contribution in [2.75, 3.05) is 6.61 Å². The molecule has 1 aromatic carbocycles. The quantitative estimate of drug-likeness (QED) is 0.938. The molecule has 2 aromatic rings. The fraction of sp³-hybridized carbons (Fsp3) is 0.438. The summed E-state index contributed by atoms with van der Waals surface area (Å²) in [5.74, 6) is 0. The highest BCUT2D eigenvalue weighted by Gasteiger charge is 2.18. The van der Waals surface area contributed by atoms with Gasteiger partial charge >= 0.3 is 0 Å². The van der Waals surface area contributed by atoms with Gasteiger partial charge in [-0.05, 0) is 19.3 Å². The fourth-order valence-electron chi connectivity index (χ4n) is 2.61. The van der Waals surface area contributed by atoms with Crippen molar-refractivity contribution in [2.45, 2.75) is 38.3 Å². The van der Waals surface area contributed by atoms with Crippen LogP contribution in [0.3, 0.4) is 0 Å². The van der Waals surface area contributed by atoms with Gasteiger partial charge in [-0.1, -0.05) is 30.3 Å². The first-order chi connectivity index (χ1) is 9.86. The molecule has 106 valence electrons. The van der Waals surface area contributed by atoms with Crippen molar-refractivity contribution in [2.24, 2.45) is 5.73 Å². The second kappa shape index (κ2) is 6.48. The van der Waals surface area contributed by atoms with E-state index in [1.807, 2.05) is 18.2 Å². The highest BCUT2D eigenvalue weighted by Crippen LogP contribution is 2.29. The van der Waals surface area contributed by atoms with Crippen LogP contribution in [0, 0.1) is 0 Å². The van der Waals surface area contributed by atoms with Gasteiger partial charge in [0.2, 0.25) is 0 Å². The number of hydrogen-bond donors (Lipinski definition) is 1. The van der Waals surface area contributed by atoms with Crippen LogP contribution in [-0.4, -0.2) is 17.7 Å². The summed E-state index contributed by atoms with van der Waals surface area (Å²) in [6.07, 6.45) is 4.87. The first-order valence-electron chi connectivity index (χ1n) is 7.22. The molecule has 4 heteroatoms. The van der Waals surface area contributed by atoms with Gasteiger partial charge < -0.3 is 10.5 Å². The Kier molecular flexibility index (Phi) is 4.45. The van der Waals surface area contributed by atoms with E-state index >= 15 is 0 Å². The number of aromatic nitrogens is 1. The molecular weight excluding hydrogens is 268 g/mol. The Balaban J connectivity index is 1.81. The molecule has 3 rings (SSSR count). The summed E-state index contributed by atoms with van der Waals surface area (Å²) in [4.78, 5) is 5.97. The van der Waals surface area contributed by atoms with Crippen molar-refractivity contribution >= 4 is 11.3 Å². The van der Waals surface area contributed by atoms with Crippen LogP contribution in [0.5, 0.6) is 0 Å². The first kappa shape index (κ1) is 13.7. The van der Waals surface area contributed by atoms with Gasteiger partial charge in [0.05, 0.1) is 16.8 Å². The second-order valence-corrected chi connectivity index (χ2v) is 6.31. The third kappa shape index (κ3) is 3.08. The second-order valence-electron chi connectivity index (χ2n) is 5.14. The summed E-state index contributed by atoms with van der Waals surface area (Å²) in [6, 6.07) is 10.3. The van der Waals surface area contributed by atoms with Gasteiger partial charge in [0.1, 0.15) is 0 Å². The Morgan fingerprint density at radius 3 is 2.80 bits per heavy atom. The maximum atomic E-state index is 5.87. The van der Waals surface area contributed by atoms with E-state index in [4.69, 9.17) is 15.5 Å². The molecule has 0 radical (unpaired) electrons. The summed E-state index contributed by atoms with van der Waals surface area (Å²) in [6.45, 7) is 1.44. The summed E-state index contributed by atoms with van der Waals surface area (Å²) >= 11 is 1.73. The zero-order valence-corrected chi connectivity index (χ0v) is 12.4. The number of nitrogens with zero attached hydrogens (tertiary/aromatic N) is 1. The van der Waals surface area contributed by atoms with Gasteiger partial charge in [-0.3, -0.25) is 0 Å². The average Bonchev–Trinajstić information content (AvgIpc) is 2.92. The van der Waals surface area contributed by atoms with Crippen molar-refractivity contribution in [3.63, 3.8) is 0 Å². The molecule has 2 heterocycles. The zero-order valence-electron chi connectivity index (χ0n) is 11.5. The van der Waals surface area contributed by atoms with Crippen molar-refractivity contribution in [3.8, 4) is 11.3 Å². The number of thiazole rings is 1. The number of benzene rings is 1. The maximum Gasteiger partial charge on any atom is 0.0961 e. The SMILES string of the molecule is NCc1sc(CC2CCCCO2)nc1-c1ccccc1. The number of nitrogens with two attached hydrogens (primary N) is 1. The van der Waals surface area contributed by atoms with Crippen LogP contribution in [0.25, 0.3) is 11.3 Å². The van der Waals surface area contributed by atoms with Crippen molar-refractivity contribution in [1.29, 1.82) is 0 Å². The smallest absolute Gasteiger partial charge is 0.0961 e. The van der Waals surface area contributed by atoms with E-state index in [0.29, 0.717) is 12.6 Å². The number of ether oxygens (including phenoxy) is 1. The molecule has 1 unspecified atom stereocenters. The lowest BCUT2D eigenvalue weighted by molar-refractivity contribution is 0.0168. The molecule has 0 aliphatic carbocycles. The normalized spacial score (nSPS) is 19.1. The third-order valence-corrected chi connectivity index (χ3v) is 4.75. The van der Waals surface area contributed by atoms with E-state index in [9.17, 15) is 0 Å². The molecule has 1 fully saturated rings. The monoisotopic (exact) mass is 288 g/mol.